The van der Waals surface area contributed by atoms with Crippen LogP contribution in [-0.4, -0.2) is 38.2 Å². The Kier molecular flexibility index (Phi) is 4.39. The number of amides is 1. The van der Waals surface area contributed by atoms with Crippen molar-refractivity contribution in [3.8, 4) is 11.4 Å². The van der Waals surface area contributed by atoms with Crippen LogP contribution < -0.4 is 10.1 Å². The fourth-order valence-electron chi connectivity index (χ4n) is 2.60. The number of ether oxygens (including phenoxy) is 1. The fraction of sp³-hybridized carbons (Fsp3) is 0.0556. The Morgan fingerprint density at radius 1 is 1.19 bits per heavy atom. The number of rotatable bonds is 4. The Bertz CT molecular complexity index is 1130. The zero-order valence-corrected chi connectivity index (χ0v) is 14.9. The van der Waals surface area contributed by atoms with Crippen LogP contribution in [0.5, 0.6) is 5.75 Å². The van der Waals surface area contributed by atoms with Crippen LogP contribution in [0.4, 0.5) is 5.69 Å². The Labute approximate surface area is 158 Å². The second-order valence-corrected chi connectivity index (χ2v) is 6.06. The highest BCUT2D eigenvalue weighted by molar-refractivity contribution is 6.32. The smallest absolute Gasteiger partial charge is 0.255 e. The van der Waals surface area contributed by atoms with Crippen LogP contribution in [0.2, 0.25) is 5.02 Å². The normalized spacial score (nSPS) is 10.7. The molecule has 1 amide bonds. The Balaban J connectivity index is 1.60. The molecule has 0 bridgehead atoms. The largest absolute Gasteiger partial charge is 0.497 e. The number of tetrazole rings is 1. The van der Waals surface area contributed by atoms with Crippen LogP contribution in [0.15, 0.2) is 55.0 Å². The molecule has 9 heteroatoms. The molecule has 0 saturated heterocycles. The number of aromatic nitrogens is 5. The van der Waals surface area contributed by atoms with Crippen molar-refractivity contribution >= 4 is 34.1 Å². The molecule has 134 valence electrons. The Morgan fingerprint density at radius 3 is 2.85 bits per heavy atom. The summed E-state index contributed by atoms with van der Waals surface area (Å²) in [5.41, 5.74) is 2.29. The number of nitrogens with zero attached hydrogens (tertiary/aromatic N) is 5. The summed E-state index contributed by atoms with van der Waals surface area (Å²) in [5, 5.41) is 15.1. The summed E-state index contributed by atoms with van der Waals surface area (Å²) in [6.45, 7) is 0. The van der Waals surface area contributed by atoms with Gasteiger partial charge in [0.15, 0.2) is 0 Å². The number of carbonyl (C=O) groups excluding carboxylic acids is 1. The lowest BCUT2D eigenvalue weighted by molar-refractivity contribution is 0.102. The molecule has 0 aliphatic heterocycles. The molecule has 27 heavy (non-hydrogen) atoms. The summed E-state index contributed by atoms with van der Waals surface area (Å²) >= 11 is 6.17. The second-order valence-electron chi connectivity index (χ2n) is 5.66. The summed E-state index contributed by atoms with van der Waals surface area (Å²) in [6.07, 6.45) is 3.00. The molecule has 0 fully saturated rings. The van der Waals surface area contributed by atoms with E-state index >= 15 is 0 Å². The van der Waals surface area contributed by atoms with Gasteiger partial charge in [-0.2, -0.15) is 4.68 Å². The van der Waals surface area contributed by atoms with Crippen molar-refractivity contribution in [3.05, 3.63) is 65.6 Å². The molecule has 4 rings (SSSR count). The van der Waals surface area contributed by atoms with E-state index in [4.69, 9.17) is 16.3 Å². The van der Waals surface area contributed by atoms with Crippen LogP contribution in [0.3, 0.4) is 0 Å². The van der Waals surface area contributed by atoms with E-state index in [-0.39, 0.29) is 5.91 Å². The van der Waals surface area contributed by atoms with Crippen molar-refractivity contribution in [2.75, 3.05) is 12.4 Å². The van der Waals surface area contributed by atoms with Gasteiger partial charge in [-0.1, -0.05) is 11.6 Å². The lowest BCUT2D eigenvalue weighted by atomic mass is 10.1. The first kappa shape index (κ1) is 16.9. The molecule has 1 N–H and O–H groups in total. The summed E-state index contributed by atoms with van der Waals surface area (Å²) in [5.74, 6) is 0.429. The van der Waals surface area contributed by atoms with E-state index in [1.807, 2.05) is 24.3 Å². The Morgan fingerprint density at radius 2 is 2.07 bits per heavy atom. The van der Waals surface area contributed by atoms with E-state index in [0.29, 0.717) is 22.0 Å². The lowest BCUT2D eigenvalue weighted by Crippen LogP contribution is -2.13. The van der Waals surface area contributed by atoms with Crippen molar-refractivity contribution < 1.29 is 9.53 Å². The Hall–Kier alpha value is -3.52. The standard InChI is InChI=1S/C18H13ClN6O2/c1-27-14-4-2-11-6-13(9-20-16(11)8-14)22-18(26)12-3-5-15(19)17(7-12)25-10-21-23-24-25/h2-10H,1H3,(H,22,26). The van der Waals surface area contributed by atoms with Crippen LogP contribution in [0.25, 0.3) is 16.6 Å². The van der Waals surface area contributed by atoms with Crippen molar-refractivity contribution in [1.82, 2.24) is 25.2 Å². The molecular weight excluding hydrogens is 368 g/mol. The minimum atomic E-state index is -0.296. The molecule has 2 heterocycles. The van der Waals surface area contributed by atoms with Crippen molar-refractivity contribution in [1.29, 1.82) is 0 Å². The van der Waals surface area contributed by atoms with E-state index < -0.39 is 0 Å². The van der Waals surface area contributed by atoms with Gasteiger partial charge in [-0.25, -0.2) is 0 Å². The molecule has 8 nitrogen and oxygen atoms in total. The van der Waals surface area contributed by atoms with Crippen molar-refractivity contribution in [2.45, 2.75) is 0 Å². The highest BCUT2D eigenvalue weighted by Gasteiger charge is 2.12. The van der Waals surface area contributed by atoms with Gasteiger partial charge < -0.3 is 10.1 Å². The highest BCUT2D eigenvalue weighted by atomic mass is 35.5. The van der Waals surface area contributed by atoms with Gasteiger partial charge in [-0.15, -0.1) is 5.10 Å². The van der Waals surface area contributed by atoms with E-state index in [2.05, 4.69) is 25.8 Å². The van der Waals surface area contributed by atoms with Gasteiger partial charge in [0, 0.05) is 17.0 Å². The molecule has 0 radical (unpaired) electrons. The molecule has 0 unspecified atom stereocenters. The van der Waals surface area contributed by atoms with E-state index in [9.17, 15) is 4.79 Å². The van der Waals surface area contributed by atoms with Crippen molar-refractivity contribution in [3.63, 3.8) is 0 Å². The fourth-order valence-corrected chi connectivity index (χ4v) is 2.81. The average molecular weight is 381 g/mol. The van der Waals surface area contributed by atoms with Gasteiger partial charge in [0.25, 0.3) is 5.91 Å². The minimum Gasteiger partial charge on any atom is -0.497 e. The predicted octanol–water partition coefficient (Wildman–Crippen LogP) is 3.12. The first-order chi connectivity index (χ1) is 13.1. The summed E-state index contributed by atoms with van der Waals surface area (Å²) in [7, 11) is 1.60. The third-order valence-electron chi connectivity index (χ3n) is 3.95. The number of benzene rings is 2. The number of carbonyl (C=O) groups is 1. The summed E-state index contributed by atoms with van der Waals surface area (Å²) < 4.78 is 6.58. The molecule has 0 spiro atoms. The SMILES string of the molecule is COc1ccc2cc(NC(=O)c3ccc(Cl)c(-n4cnnn4)c3)cnc2c1. The van der Waals surface area contributed by atoms with E-state index in [1.54, 1.807) is 31.5 Å². The van der Waals surface area contributed by atoms with Gasteiger partial charge in [0.1, 0.15) is 12.1 Å². The minimum absolute atomic E-state index is 0.296. The van der Waals surface area contributed by atoms with Crippen LogP contribution in [0, 0.1) is 0 Å². The molecule has 2 aromatic heterocycles. The molecular formula is C18H13ClN6O2. The zero-order chi connectivity index (χ0) is 18.8. The molecule has 0 atom stereocenters. The number of fused-ring (bicyclic) bond motifs is 1. The number of hydrogen-bond donors (Lipinski definition) is 1. The molecule has 4 aromatic rings. The molecule has 2 aromatic carbocycles. The van der Waals surface area contributed by atoms with Crippen LogP contribution in [-0.2, 0) is 0 Å². The predicted molar refractivity (Wildman–Crippen MR) is 100 cm³/mol. The van der Waals surface area contributed by atoms with Crippen LogP contribution >= 0.6 is 11.6 Å². The molecule has 0 aliphatic carbocycles. The maximum absolute atomic E-state index is 12.6. The van der Waals surface area contributed by atoms with E-state index in [0.717, 1.165) is 16.7 Å². The third kappa shape index (κ3) is 3.42. The maximum Gasteiger partial charge on any atom is 0.255 e. The van der Waals surface area contributed by atoms with Gasteiger partial charge in [-0.3, -0.25) is 9.78 Å². The second kappa shape index (κ2) is 7.00. The summed E-state index contributed by atoms with van der Waals surface area (Å²) in [4.78, 5) is 17.0. The van der Waals surface area contributed by atoms with E-state index in [1.165, 1.54) is 11.0 Å². The van der Waals surface area contributed by atoms with Crippen LogP contribution in [0.1, 0.15) is 10.4 Å². The molecule has 0 aliphatic rings. The average Bonchev–Trinajstić information content (AvgIpc) is 3.22. The summed E-state index contributed by atoms with van der Waals surface area (Å²) in [6, 6.07) is 12.3. The van der Waals surface area contributed by atoms with Crippen molar-refractivity contribution in [2.24, 2.45) is 0 Å². The van der Waals surface area contributed by atoms with Gasteiger partial charge in [-0.05, 0) is 46.8 Å². The highest BCUT2D eigenvalue weighted by Crippen LogP contribution is 2.23. The quantitative estimate of drug-likeness (QED) is 0.584. The molecule has 0 saturated carbocycles. The van der Waals surface area contributed by atoms with Gasteiger partial charge in [0.2, 0.25) is 0 Å². The number of anilines is 1. The monoisotopic (exact) mass is 380 g/mol. The number of pyridine rings is 1. The van der Waals surface area contributed by atoms with Gasteiger partial charge >= 0.3 is 0 Å². The first-order valence-electron chi connectivity index (χ1n) is 7.92. The first-order valence-corrected chi connectivity index (χ1v) is 8.30. The maximum atomic E-state index is 12.6. The number of halogens is 1. The number of hydrogen-bond acceptors (Lipinski definition) is 6. The lowest BCUT2D eigenvalue weighted by Gasteiger charge is -2.09. The van der Waals surface area contributed by atoms with Gasteiger partial charge in [0.05, 0.1) is 35.2 Å². The number of methoxy groups -OCH3 is 1. The third-order valence-corrected chi connectivity index (χ3v) is 4.27. The zero-order valence-electron chi connectivity index (χ0n) is 14.1. The topological polar surface area (TPSA) is 94.8 Å². The number of nitrogens with one attached hydrogen (secondary N) is 1.